The van der Waals surface area contributed by atoms with Gasteiger partial charge in [-0.25, -0.2) is 4.79 Å². The zero-order valence-electron chi connectivity index (χ0n) is 20.2. The molecule has 186 valence electrons. The van der Waals surface area contributed by atoms with E-state index in [2.05, 4.69) is 4.98 Å². The van der Waals surface area contributed by atoms with Crippen LogP contribution in [0.2, 0.25) is 0 Å². The molecule has 35 heavy (non-hydrogen) atoms. The van der Waals surface area contributed by atoms with E-state index >= 15 is 0 Å². The molecule has 2 aromatic heterocycles. The van der Waals surface area contributed by atoms with Crippen molar-refractivity contribution in [1.29, 1.82) is 0 Å². The molecule has 1 saturated heterocycles. The van der Waals surface area contributed by atoms with Crippen LogP contribution in [-0.4, -0.2) is 70.0 Å². The van der Waals surface area contributed by atoms with Gasteiger partial charge in [-0.3, -0.25) is 19.4 Å². The topological polar surface area (TPSA) is 111 Å². The van der Waals surface area contributed by atoms with Crippen molar-refractivity contribution in [3.05, 3.63) is 57.8 Å². The van der Waals surface area contributed by atoms with E-state index in [9.17, 15) is 19.2 Å². The number of nitrogens with zero attached hydrogens (tertiary/aromatic N) is 4. The lowest BCUT2D eigenvalue weighted by molar-refractivity contribution is -0.135. The molecular formula is C25H30N4O6. The summed E-state index contributed by atoms with van der Waals surface area (Å²) >= 11 is 0. The molecule has 1 fully saturated rings. The number of aromatic nitrogens is 2. The van der Waals surface area contributed by atoms with Crippen LogP contribution in [0.15, 0.2) is 35.3 Å². The van der Waals surface area contributed by atoms with E-state index in [1.54, 1.807) is 16.0 Å². The Kier molecular flexibility index (Phi) is 7.18. The van der Waals surface area contributed by atoms with Crippen molar-refractivity contribution in [3.63, 3.8) is 0 Å². The van der Waals surface area contributed by atoms with Crippen molar-refractivity contribution in [3.8, 4) is 5.75 Å². The van der Waals surface area contributed by atoms with E-state index in [-0.39, 0.29) is 47.8 Å². The molecule has 0 N–H and O–H groups in total. The molecule has 0 unspecified atom stereocenters. The van der Waals surface area contributed by atoms with Crippen LogP contribution in [0.4, 0.5) is 0 Å². The first-order valence-corrected chi connectivity index (χ1v) is 11.8. The smallest absolute Gasteiger partial charge is 0.343 e. The molecule has 10 nitrogen and oxygen atoms in total. The van der Waals surface area contributed by atoms with Crippen molar-refractivity contribution in [2.24, 2.45) is 5.92 Å². The number of rotatable bonds is 6. The van der Waals surface area contributed by atoms with Crippen LogP contribution in [0.3, 0.4) is 0 Å². The van der Waals surface area contributed by atoms with Gasteiger partial charge < -0.3 is 23.8 Å². The van der Waals surface area contributed by atoms with Crippen LogP contribution >= 0.6 is 0 Å². The summed E-state index contributed by atoms with van der Waals surface area (Å²) in [6.07, 6.45) is 1.88. The molecule has 4 rings (SSSR count). The molecular weight excluding hydrogens is 452 g/mol. The second-order valence-corrected chi connectivity index (χ2v) is 9.05. The number of hydrogen-bond donors (Lipinski definition) is 0. The molecule has 2 aliphatic heterocycles. The Hall–Kier alpha value is -3.69. The lowest BCUT2D eigenvalue weighted by Crippen LogP contribution is -2.39. The molecule has 2 amide bonds. The van der Waals surface area contributed by atoms with Crippen molar-refractivity contribution in [2.75, 3.05) is 26.7 Å². The standard InChI is InChI=1S/C25H30N4O6/c1-16(2)35-20-13-22(31)29-11-10-27(9-7-19(29)23(20)25(33)34-3)24(32)17-12-21(30)28(14-17)15-18-6-4-5-8-26-18/h4-6,8,13,16-17H,7,9-12,14-15H2,1-3H3/t17-/m0/s1. The van der Waals surface area contributed by atoms with Gasteiger partial charge in [-0.15, -0.1) is 0 Å². The molecule has 2 aromatic rings. The first-order valence-electron chi connectivity index (χ1n) is 11.8. The maximum absolute atomic E-state index is 13.3. The van der Waals surface area contributed by atoms with E-state index in [0.717, 1.165) is 5.69 Å². The van der Waals surface area contributed by atoms with Gasteiger partial charge in [0, 0.05) is 57.0 Å². The summed E-state index contributed by atoms with van der Waals surface area (Å²) in [5.41, 5.74) is 1.19. The maximum Gasteiger partial charge on any atom is 0.343 e. The molecule has 2 aliphatic rings. The van der Waals surface area contributed by atoms with Crippen molar-refractivity contribution < 1.29 is 23.9 Å². The predicted molar refractivity (Wildman–Crippen MR) is 126 cm³/mol. The minimum Gasteiger partial charge on any atom is -0.490 e. The quantitative estimate of drug-likeness (QED) is 0.570. The normalized spacial score (nSPS) is 17.8. The van der Waals surface area contributed by atoms with Gasteiger partial charge in [0.15, 0.2) is 0 Å². The van der Waals surface area contributed by atoms with Gasteiger partial charge >= 0.3 is 5.97 Å². The third-order valence-electron chi connectivity index (χ3n) is 6.30. The second-order valence-electron chi connectivity index (χ2n) is 9.05. The third kappa shape index (κ3) is 5.21. The monoisotopic (exact) mass is 482 g/mol. The van der Waals surface area contributed by atoms with Crippen LogP contribution < -0.4 is 10.3 Å². The summed E-state index contributed by atoms with van der Waals surface area (Å²) in [6, 6.07) is 6.83. The first kappa shape index (κ1) is 24.4. The molecule has 10 heteroatoms. The Morgan fingerprint density at radius 1 is 1.17 bits per heavy atom. The van der Waals surface area contributed by atoms with E-state index in [1.807, 2.05) is 32.0 Å². The molecule has 0 aliphatic carbocycles. The molecule has 0 saturated carbocycles. The Morgan fingerprint density at radius 3 is 2.66 bits per heavy atom. The minimum absolute atomic E-state index is 0.0771. The summed E-state index contributed by atoms with van der Waals surface area (Å²) in [5, 5.41) is 0. The maximum atomic E-state index is 13.3. The highest BCUT2D eigenvalue weighted by Gasteiger charge is 2.37. The fourth-order valence-electron chi connectivity index (χ4n) is 4.67. The number of hydrogen-bond acceptors (Lipinski definition) is 7. The average Bonchev–Trinajstić information content (AvgIpc) is 3.05. The molecule has 0 bridgehead atoms. The summed E-state index contributed by atoms with van der Waals surface area (Å²) in [7, 11) is 1.28. The molecule has 0 spiro atoms. The van der Waals surface area contributed by atoms with E-state index in [4.69, 9.17) is 9.47 Å². The Balaban J connectivity index is 1.51. The van der Waals surface area contributed by atoms with Crippen LogP contribution in [0.5, 0.6) is 5.75 Å². The van der Waals surface area contributed by atoms with E-state index < -0.39 is 11.9 Å². The van der Waals surface area contributed by atoms with Gasteiger partial charge in [-0.1, -0.05) is 6.07 Å². The fraction of sp³-hybridized carbons (Fsp3) is 0.480. The Bertz CT molecular complexity index is 1180. The summed E-state index contributed by atoms with van der Waals surface area (Å²) in [6.45, 7) is 5.18. The lowest BCUT2D eigenvalue weighted by atomic mass is 10.1. The number of methoxy groups -OCH3 is 1. The van der Waals surface area contributed by atoms with Gasteiger partial charge in [0.1, 0.15) is 11.3 Å². The largest absolute Gasteiger partial charge is 0.490 e. The number of amides is 2. The van der Waals surface area contributed by atoms with Gasteiger partial charge in [-0.05, 0) is 26.0 Å². The first-order chi connectivity index (χ1) is 16.8. The lowest BCUT2D eigenvalue weighted by Gasteiger charge is -2.23. The van der Waals surface area contributed by atoms with Gasteiger partial charge in [0.2, 0.25) is 11.8 Å². The van der Waals surface area contributed by atoms with E-state index in [1.165, 1.54) is 17.7 Å². The molecule has 0 aromatic carbocycles. The molecule has 4 heterocycles. The highest BCUT2D eigenvalue weighted by atomic mass is 16.5. The molecule has 0 radical (unpaired) electrons. The SMILES string of the molecule is COC(=O)c1c(OC(C)C)cc(=O)n2c1CCN(C(=O)[C@H]1CC(=O)N(Cc3ccccn3)C1)CC2. The number of carbonyl (C=O) groups excluding carboxylic acids is 3. The number of pyridine rings is 2. The second kappa shape index (κ2) is 10.3. The summed E-state index contributed by atoms with van der Waals surface area (Å²) in [4.78, 5) is 59.0. The highest BCUT2D eigenvalue weighted by molar-refractivity contribution is 5.94. The number of fused-ring (bicyclic) bond motifs is 1. The average molecular weight is 483 g/mol. The number of likely N-dealkylation sites (tertiary alicyclic amines) is 1. The summed E-state index contributed by atoms with van der Waals surface area (Å²) in [5.74, 6) is -1.05. The van der Waals surface area contributed by atoms with Gasteiger partial charge in [-0.2, -0.15) is 0 Å². The summed E-state index contributed by atoms with van der Waals surface area (Å²) < 4.78 is 12.2. The minimum atomic E-state index is -0.587. The van der Waals surface area contributed by atoms with Gasteiger partial charge in [0.05, 0.1) is 31.4 Å². The van der Waals surface area contributed by atoms with Crippen molar-refractivity contribution in [2.45, 2.75) is 45.9 Å². The van der Waals surface area contributed by atoms with Crippen LogP contribution in [0, 0.1) is 5.92 Å². The predicted octanol–water partition coefficient (Wildman–Crippen LogP) is 1.25. The Morgan fingerprint density at radius 2 is 1.97 bits per heavy atom. The van der Waals surface area contributed by atoms with Crippen molar-refractivity contribution >= 4 is 17.8 Å². The zero-order valence-corrected chi connectivity index (χ0v) is 20.2. The van der Waals surface area contributed by atoms with E-state index in [0.29, 0.717) is 38.3 Å². The fourth-order valence-corrected chi connectivity index (χ4v) is 4.67. The highest BCUT2D eigenvalue weighted by Crippen LogP contribution is 2.27. The Labute approximate surface area is 203 Å². The number of ether oxygens (including phenoxy) is 2. The van der Waals surface area contributed by atoms with Crippen LogP contribution in [0.25, 0.3) is 0 Å². The molecule has 1 atom stereocenters. The van der Waals surface area contributed by atoms with Crippen LogP contribution in [0.1, 0.15) is 42.0 Å². The number of carbonyl (C=O) groups is 3. The van der Waals surface area contributed by atoms with Gasteiger partial charge in [0.25, 0.3) is 5.56 Å². The number of esters is 1. The third-order valence-corrected chi connectivity index (χ3v) is 6.30. The van der Waals surface area contributed by atoms with Crippen molar-refractivity contribution in [1.82, 2.24) is 19.4 Å². The zero-order chi connectivity index (χ0) is 25.1. The van der Waals surface area contributed by atoms with Crippen LogP contribution in [-0.2, 0) is 33.8 Å².